The lowest BCUT2D eigenvalue weighted by atomic mass is 10.0. The van der Waals surface area contributed by atoms with Gasteiger partial charge >= 0.3 is 0 Å². The largest absolute Gasteiger partial charge is 0.366 e. The van der Waals surface area contributed by atoms with Gasteiger partial charge in [-0.05, 0) is 19.4 Å². The molecule has 0 aliphatic carbocycles. The fraction of sp³-hybridized carbons (Fsp3) is 0.400. The molecule has 4 rings (SSSR count). The molecule has 0 bridgehead atoms. The Labute approximate surface area is 152 Å². The number of nitrogens with one attached hydrogen (secondary N) is 2. The number of likely N-dealkylation sites (tertiary alicyclic amines) is 1. The fourth-order valence-corrected chi connectivity index (χ4v) is 4.69. The molecule has 0 amide bonds. The third-order valence-corrected chi connectivity index (χ3v) is 6.04. The number of hydrogen-bond donors (Lipinski definition) is 2. The Balaban J connectivity index is 1.69. The third kappa shape index (κ3) is 3.39. The van der Waals surface area contributed by atoms with Crippen molar-refractivity contribution < 1.29 is 4.90 Å². The van der Waals surface area contributed by atoms with Gasteiger partial charge < -0.3 is 10.2 Å². The van der Waals surface area contributed by atoms with Crippen LogP contribution in [0, 0.1) is 6.92 Å². The topological polar surface area (TPSA) is 42.2 Å². The first kappa shape index (κ1) is 16.5. The van der Waals surface area contributed by atoms with E-state index in [-0.39, 0.29) is 0 Å². The zero-order valence-corrected chi connectivity index (χ0v) is 15.7. The van der Waals surface area contributed by atoms with E-state index in [4.69, 9.17) is 4.98 Å². The van der Waals surface area contributed by atoms with Crippen molar-refractivity contribution in [2.24, 2.45) is 0 Å². The molecule has 1 fully saturated rings. The smallest absolute Gasteiger partial charge is 0.139 e. The van der Waals surface area contributed by atoms with Crippen molar-refractivity contribution in [3.05, 3.63) is 41.5 Å². The highest BCUT2D eigenvalue weighted by atomic mass is 32.1. The molecule has 130 valence electrons. The molecule has 5 heteroatoms. The summed E-state index contributed by atoms with van der Waals surface area (Å²) in [6.07, 6.45) is 2.41. The van der Waals surface area contributed by atoms with Gasteiger partial charge in [0.15, 0.2) is 0 Å². The van der Waals surface area contributed by atoms with Crippen LogP contribution >= 0.6 is 11.3 Å². The summed E-state index contributed by atoms with van der Waals surface area (Å²) in [7, 11) is 0. The first-order valence-corrected chi connectivity index (χ1v) is 10.0. The lowest BCUT2D eigenvalue weighted by Crippen LogP contribution is -3.13. The van der Waals surface area contributed by atoms with Crippen molar-refractivity contribution >= 4 is 27.4 Å². The van der Waals surface area contributed by atoms with Crippen LogP contribution in [0.25, 0.3) is 21.3 Å². The number of aryl methyl sites for hydroxylation is 1. The van der Waals surface area contributed by atoms with E-state index in [0.29, 0.717) is 6.04 Å². The van der Waals surface area contributed by atoms with Gasteiger partial charge in [0.1, 0.15) is 16.5 Å². The standard InChI is InChI=1S/C20H24N4S/c1-3-24-11-9-16(10-12-24)23-19-18-17(15-7-5-4-6-8-15)13-25-20(18)22-14(2)21-19/h4-8,13,16H,3,9-12H2,1-2H3,(H,21,22,23)/p+1. The first-order chi connectivity index (χ1) is 12.2. The second-order valence-electron chi connectivity index (χ2n) is 6.84. The number of rotatable bonds is 4. The van der Waals surface area contributed by atoms with Crippen LogP contribution < -0.4 is 10.2 Å². The number of nitrogens with zero attached hydrogens (tertiary/aromatic N) is 2. The van der Waals surface area contributed by atoms with Crippen molar-refractivity contribution in [1.29, 1.82) is 0 Å². The van der Waals surface area contributed by atoms with Gasteiger partial charge in [0.05, 0.1) is 25.0 Å². The average molecular weight is 354 g/mol. The number of aromatic nitrogens is 2. The SMILES string of the molecule is CC[NH+]1CCC(Nc2nc(C)nc3scc(-c4ccccc4)c23)CC1. The molecule has 3 heterocycles. The van der Waals surface area contributed by atoms with Crippen LogP contribution in [0.3, 0.4) is 0 Å². The number of hydrogen-bond acceptors (Lipinski definition) is 4. The first-order valence-electron chi connectivity index (χ1n) is 9.16. The molecule has 3 aromatic rings. The summed E-state index contributed by atoms with van der Waals surface area (Å²) in [6, 6.07) is 11.1. The summed E-state index contributed by atoms with van der Waals surface area (Å²) in [5.41, 5.74) is 2.47. The summed E-state index contributed by atoms with van der Waals surface area (Å²) >= 11 is 1.71. The van der Waals surface area contributed by atoms with Crippen LogP contribution in [-0.2, 0) is 0 Å². The minimum absolute atomic E-state index is 0.510. The maximum atomic E-state index is 4.77. The van der Waals surface area contributed by atoms with E-state index in [1.807, 2.05) is 6.92 Å². The monoisotopic (exact) mass is 353 g/mol. The van der Waals surface area contributed by atoms with Crippen molar-refractivity contribution in [3.63, 3.8) is 0 Å². The zero-order valence-electron chi connectivity index (χ0n) is 14.9. The average Bonchev–Trinajstić information content (AvgIpc) is 3.07. The summed E-state index contributed by atoms with van der Waals surface area (Å²) in [4.78, 5) is 12.2. The van der Waals surface area contributed by atoms with Gasteiger partial charge in [-0.3, -0.25) is 0 Å². The van der Waals surface area contributed by atoms with E-state index in [2.05, 4.69) is 52.9 Å². The van der Waals surface area contributed by atoms with Crippen molar-refractivity contribution in [2.45, 2.75) is 32.7 Å². The number of thiophene rings is 1. The summed E-state index contributed by atoms with van der Waals surface area (Å²) in [5.74, 6) is 1.85. The van der Waals surface area contributed by atoms with Crippen LogP contribution in [0.2, 0.25) is 0 Å². The molecule has 0 saturated carbocycles. The van der Waals surface area contributed by atoms with Gasteiger partial charge in [-0.15, -0.1) is 11.3 Å². The van der Waals surface area contributed by atoms with Gasteiger partial charge in [-0.1, -0.05) is 30.3 Å². The van der Waals surface area contributed by atoms with E-state index in [9.17, 15) is 0 Å². The Morgan fingerprint density at radius 3 is 2.64 bits per heavy atom. The predicted octanol–water partition coefficient (Wildman–Crippen LogP) is 3.15. The molecule has 0 unspecified atom stereocenters. The van der Waals surface area contributed by atoms with Crippen molar-refractivity contribution in [1.82, 2.24) is 9.97 Å². The van der Waals surface area contributed by atoms with Crippen LogP contribution in [0.15, 0.2) is 35.7 Å². The van der Waals surface area contributed by atoms with Gasteiger partial charge in [0, 0.05) is 29.8 Å². The number of fused-ring (bicyclic) bond motifs is 1. The molecule has 1 saturated heterocycles. The summed E-state index contributed by atoms with van der Waals surface area (Å²) < 4.78 is 0. The number of anilines is 1. The normalized spacial score (nSPS) is 20.7. The fourth-order valence-electron chi connectivity index (χ4n) is 3.70. The lowest BCUT2D eigenvalue weighted by molar-refractivity contribution is -0.903. The van der Waals surface area contributed by atoms with E-state index < -0.39 is 0 Å². The quantitative estimate of drug-likeness (QED) is 0.757. The Morgan fingerprint density at radius 1 is 1.16 bits per heavy atom. The maximum Gasteiger partial charge on any atom is 0.139 e. The van der Waals surface area contributed by atoms with Gasteiger partial charge in [-0.25, -0.2) is 9.97 Å². The molecule has 1 aliphatic rings. The molecule has 1 aromatic carbocycles. The molecule has 0 radical (unpaired) electrons. The molecule has 0 spiro atoms. The maximum absolute atomic E-state index is 4.77. The van der Waals surface area contributed by atoms with Crippen LogP contribution in [0.1, 0.15) is 25.6 Å². The second kappa shape index (κ2) is 7.10. The molecule has 1 aliphatic heterocycles. The number of quaternary nitrogens is 1. The highest BCUT2D eigenvalue weighted by Gasteiger charge is 2.23. The van der Waals surface area contributed by atoms with E-state index >= 15 is 0 Å². The van der Waals surface area contributed by atoms with Crippen LogP contribution in [-0.4, -0.2) is 35.6 Å². The van der Waals surface area contributed by atoms with Crippen molar-refractivity contribution in [2.75, 3.05) is 25.0 Å². The molecule has 25 heavy (non-hydrogen) atoms. The summed E-state index contributed by atoms with van der Waals surface area (Å²) in [6.45, 7) is 7.98. The van der Waals surface area contributed by atoms with Gasteiger partial charge in [-0.2, -0.15) is 0 Å². The highest BCUT2D eigenvalue weighted by Crippen LogP contribution is 2.37. The van der Waals surface area contributed by atoms with Gasteiger partial charge in [0.25, 0.3) is 0 Å². The Kier molecular flexibility index (Phi) is 4.68. The second-order valence-corrected chi connectivity index (χ2v) is 7.70. The Bertz CT molecular complexity index is 851. The molecule has 2 N–H and O–H groups in total. The van der Waals surface area contributed by atoms with E-state index in [1.165, 1.54) is 49.0 Å². The Morgan fingerprint density at radius 2 is 1.92 bits per heavy atom. The minimum atomic E-state index is 0.510. The molecule has 4 nitrogen and oxygen atoms in total. The third-order valence-electron chi connectivity index (χ3n) is 5.16. The zero-order chi connectivity index (χ0) is 17.2. The lowest BCUT2D eigenvalue weighted by Gasteiger charge is -2.29. The van der Waals surface area contributed by atoms with Crippen molar-refractivity contribution in [3.8, 4) is 11.1 Å². The van der Waals surface area contributed by atoms with E-state index in [1.54, 1.807) is 16.2 Å². The molecule has 2 aromatic heterocycles. The predicted molar refractivity (Wildman–Crippen MR) is 105 cm³/mol. The number of benzene rings is 1. The van der Waals surface area contributed by atoms with E-state index in [0.717, 1.165) is 16.5 Å². The number of piperidine rings is 1. The Hall–Kier alpha value is -1.98. The molecule has 0 atom stereocenters. The molecular weight excluding hydrogens is 328 g/mol. The van der Waals surface area contributed by atoms with Gasteiger partial charge in [0.2, 0.25) is 0 Å². The highest BCUT2D eigenvalue weighted by molar-refractivity contribution is 7.17. The molecular formula is C20H25N4S+. The summed E-state index contributed by atoms with van der Waals surface area (Å²) in [5, 5.41) is 7.13. The minimum Gasteiger partial charge on any atom is -0.366 e. The van der Waals surface area contributed by atoms with Crippen LogP contribution in [0.4, 0.5) is 5.82 Å². The van der Waals surface area contributed by atoms with Crippen LogP contribution in [0.5, 0.6) is 0 Å².